The van der Waals surface area contributed by atoms with Gasteiger partial charge in [0.05, 0.1) is 16.0 Å². The van der Waals surface area contributed by atoms with E-state index in [0.717, 1.165) is 18.7 Å². The molecule has 2 aliphatic rings. The zero-order valence-corrected chi connectivity index (χ0v) is 25.4. The summed E-state index contributed by atoms with van der Waals surface area (Å²) in [6.07, 6.45) is 0.667. The smallest absolute Gasteiger partial charge is 0.260 e. The van der Waals surface area contributed by atoms with Crippen LogP contribution in [0.25, 0.3) is 0 Å². The molecule has 9 heteroatoms. The van der Waals surface area contributed by atoms with Crippen molar-refractivity contribution in [2.75, 3.05) is 39.3 Å². The summed E-state index contributed by atoms with van der Waals surface area (Å²) in [7, 11) is -3.73. The van der Waals surface area contributed by atoms with Gasteiger partial charge in [-0.15, -0.1) is 0 Å². The Morgan fingerprint density at radius 3 is 2.00 bits per heavy atom. The molecule has 0 aromatic heterocycles. The van der Waals surface area contributed by atoms with Crippen molar-refractivity contribution in [2.24, 2.45) is 0 Å². The summed E-state index contributed by atoms with van der Waals surface area (Å²) in [6, 6.07) is 33.3. The van der Waals surface area contributed by atoms with Crippen LogP contribution in [0.2, 0.25) is 5.02 Å². The van der Waals surface area contributed by atoms with E-state index in [0.29, 0.717) is 32.6 Å². The molecule has 0 saturated carbocycles. The number of carbonyl (C=O) groups is 1. The van der Waals surface area contributed by atoms with E-state index in [1.54, 1.807) is 0 Å². The molecule has 222 valence electrons. The minimum Gasteiger partial charge on any atom is -0.482 e. The van der Waals surface area contributed by atoms with Crippen LogP contribution in [-0.2, 0) is 27.8 Å². The molecule has 0 radical (unpaired) electrons. The Bertz CT molecular complexity index is 1640. The third kappa shape index (κ3) is 6.48. The lowest BCUT2D eigenvalue weighted by atomic mass is 9.96. The topological polar surface area (TPSA) is 70.2 Å². The normalized spacial score (nSPS) is 16.2. The van der Waals surface area contributed by atoms with Crippen LogP contribution in [0.4, 0.5) is 0 Å². The van der Waals surface area contributed by atoms with Crippen molar-refractivity contribution in [3.8, 4) is 5.75 Å². The van der Waals surface area contributed by atoms with E-state index in [2.05, 4.69) is 53.4 Å². The summed E-state index contributed by atoms with van der Waals surface area (Å²) in [4.78, 5) is 17.4. The Balaban J connectivity index is 1.06. The average molecular weight is 616 g/mol. The molecule has 1 saturated heterocycles. The molecule has 43 heavy (non-hydrogen) atoms. The number of ether oxygens (including phenoxy) is 1. The van der Waals surface area contributed by atoms with Gasteiger partial charge in [-0.1, -0.05) is 96.5 Å². The lowest BCUT2D eigenvalue weighted by molar-refractivity contribution is -0.135. The maximum atomic E-state index is 13.4. The van der Waals surface area contributed by atoms with Crippen LogP contribution in [0.3, 0.4) is 0 Å². The van der Waals surface area contributed by atoms with Gasteiger partial charge in [0.15, 0.2) is 6.61 Å². The average Bonchev–Trinajstić information content (AvgIpc) is 3.05. The second kappa shape index (κ2) is 12.9. The van der Waals surface area contributed by atoms with Crippen LogP contribution in [-0.4, -0.2) is 67.8 Å². The van der Waals surface area contributed by atoms with E-state index in [9.17, 15) is 13.2 Å². The molecule has 0 aliphatic carbocycles. The molecule has 1 amide bonds. The van der Waals surface area contributed by atoms with E-state index in [-0.39, 0.29) is 34.2 Å². The van der Waals surface area contributed by atoms with E-state index >= 15 is 0 Å². The van der Waals surface area contributed by atoms with Crippen LogP contribution in [0.15, 0.2) is 108 Å². The lowest BCUT2D eigenvalue weighted by Gasteiger charge is -2.39. The quantitative estimate of drug-likeness (QED) is 0.266. The van der Waals surface area contributed by atoms with Gasteiger partial charge in [0.2, 0.25) is 10.0 Å². The number of sulfonamides is 1. The van der Waals surface area contributed by atoms with Gasteiger partial charge in [0.25, 0.3) is 5.91 Å². The van der Waals surface area contributed by atoms with Gasteiger partial charge in [-0.3, -0.25) is 9.69 Å². The first-order chi connectivity index (χ1) is 20.9. The van der Waals surface area contributed by atoms with Gasteiger partial charge in [-0.25, -0.2) is 8.42 Å². The van der Waals surface area contributed by atoms with Crippen LogP contribution in [0, 0.1) is 0 Å². The van der Waals surface area contributed by atoms with Crippen molar-refractivity contribution in [3.05, 3.63) is 130 Å². The highest BCUT2D eigenvalue weighted by molar-refractivity contribution is 7.89. The van der Waals surface area contributed by atoms with E-state index in [1.165, 1.54) is 39.2 Å². The molecule has 2 heterocycles. The fourth-order valence-electron chi connectivity index (χ4n) is 5.93. The summed E-state index contributed by atoms with van der Waals surface area (Å²) in [5.74, 6) is 0.153. The summed E-state index contributed by atoms with van der Waals surface area (Å²) < 4.78 is 34.0. The van der Waals surface area contributed by atoms with Crippen molar-refractivity contribution >= 4 is 27.5 Å². The zero-order valence-electron chi connectivity index (χ0n) is 23.8. The minimum absolute atomic E-state index is 0.109. The molecule has 4 aromatic carbocycles. The second-order valence-corrected chi connectivity index (χ2v) is 13.2. The zero-order chi connectivity index (χ0) is 29.8. The molecule has 0 spiro atoms. The number of nitrogens with zero attached hydrogens (tertiary/aromatic N) is 3. The molecule has 0 N–H and O–H groups in total. The number of benzene rings is 4. The first-order valence-electron chi connectivity index (χ1n) is 14.5. The molecule has 7 nitrogen and oxygen atoms in total. The fourth-order valence-corrected chi connectivity index (χ4v) is 7.67. The Morgan fingerprint density at radius 1 is 0.767 bits per heavy atom. The minimum atomic E-state index is -3.73. The highest BCUT2D eigenvalue weighted by Crippen LogP contribution is 2.32. The molecular formula is C34H34ClN3O4S. The number of piperazine rings is 1. The Labute approximate surface area is 258 Å². The first kappa shape index (κ1) is 29.4. The van der Waals surface area contributed by atoms with Crippen molar-refractivity contribution in [1.82, 2.24) is 14.1 Å². The number of halogens is 1. The van der Waals surface area contributed by atoms with Gasteiger partial charge >= 0.3 is 0 Å². The summed E-state index contributed by atoms with van der Waals surface area (Å²) in [6.45, 7) is 3.20. The predicted molar refractivity (Wildman–Crippen MR) is 168 cm³/mol. The summed E-state index contributed by atoms with van der Waals surface area (Å²) in [5.41, 5.74) is 4.64. The van der Waals surface area contributed by atoms with Gasteiger partial charge in [-0.2, -0.15) is 4.31 Å². The highest BCUT2D eigenvalue weighted by Gasteiger charge is 2.30. The van der Waals surface area contributed by atoms with E-state index in [4.69, 9.17) is 16.3 Å². The maximum absolute atomic E-state index is 13.4. The molecule has 0 atom stereocenters. The number of fused-ring (bicyclic) bond motifs is 1. The van der Waals surface area contributed by atoms with Crippen LogP contribution in [0.1, 0.15) is 28.3 Å². The van der Waals surface area contributed by atoms with Crippen molar-refractivity contribution in [1.29, 1.82) is 0 Å². The fraction of sp³-hybridized carbons (Fsp3) is 0.265. The molecule has 0 unspecified atom stereocenters. The SMILES string of the molecule is O=C(COc1ccc(S(=O)(=O)N2CCc3ccccc3C2)cc1Cl)N1CCN(C(c2ccccc2)c2ccccc2)CC1. The molecule has 1 fully saturated rings. The standard InChI is InChI=1S/C34H34ClN3O4S/c35-31-23-30(43(40,41)38-18-17-26-9-7-8-14-29(26)24-38)15-16-32(31)42-25-33(39)36-19-21-37(22-20-36)34(27-10-3-1-4-11-27)28-12-5-2-6-13-28/h1-16,23,34H,17-22,24-25H2. The second-order valence-electron chi connectivity index (χ2n) is 10.9. The molecule has 0 bridgehead atoms. The number of hydrogen-bond acceptors (Lipinski definition) is 5. The van der Waals surface area contributed by atoms with Crippen molar-refractivity contribution < 1.29 is 17.9 Å². The molecular weight excluding hydrogens is 582 g/mol. The molecule has 2 aliphatic heterocycles. The third-order valence-electron chi connectivity index (χ3n) is 8.25. The highest BCUT2D eigenvalue weighted by atomic mass is 35.5. The number of hydrogen-bond donors (Lipinski definition) is 0. The van der Waals surface area contributed by atoms with Gasteiger partial charge in [0, 0.05) is 39.3 Å². The van der Waals surface area contributed by atoms with E-state index in [1.807, 2.05) is 41.3 Å². The number of amides is 1. The maximum Gasteiger partial charge on any atom is 0.260 e. The van der Waals surface area contributed by atoms with Crippen LogP contribution < -0.4 is 4.74 Å². The van der Waals surface area contributed by atoms with E-state index < -0.39 is 10.0 Å². The van der Waals surface area contributed by atoms with Crippen LogP contribution in [0.5, 0.6) is 5.75 Å². The molecule has 4 aromatic rings. The third-order valence-corrected chi connectivity index (χ3v) is 10.4. The largest absolute Gasteiger partial charge is 0.482 e. The van der Waals surface area contributed by atoms with Crippen molar-refractivity contribution in [3.63, 3.8) is 0 Å². The van der Waals surface area contributed by atoms with Gasteiger partial charge in [0.1, 0.15) is 5.75 Å². The summed E-state index contributed by atoms with van der Waals surface area (Å²) >= 11 is 6.46. The van der Waals surface area contributed by atoms with Gasteiger partial charge in [-0.05, 0) is 46.9 Å². The molecule has 6 rings (SSSR count). The Hall–Kier alpha value is -3.69. The number of carbonyl (C=O) groups excluding carboxylic acids is 1. The van der Waals surface area contributed by atoms with Crippen molar-refractivity contribution in [2.45, 2.75) is 23.9 Å². The lowest BCUT2D eigenvalue weighted by Crippen LogP contribution is -2.51. The first-order valence-corrected chi connectivity index (χ1v) is 16.3. The number of rotatable bonds is 8. The predicted octanol–water partition coefficient (Wildman–Crippen LogP) is 5.40. The Kier molecular flexibility index (Phi) is 8.81. The van der Waals surface area contributed by atoms with Crippen LogP contribution >= 0.6 is 11.6 Å². The van der Waals surface area contributed by atoms with Gasteiger partial charge < -0.3 is 9.64 Å². The summed E-state index contributed by atoms with van der Waals surface area (Å²) in [5, 5.41) is 0.157. The monoisotopic (exact) mass is 615 g/mol. The Morgan fingerprint density at radius 2 is 1.37 bits per heavy atom.